The molecule has 7 heteroatoms. The van der Waals surface area contributed by atoms with Gasteiger partial charge in [-0.3, -0.25) is 9.78 Å². The minimum Gasteiger partial charge on any atom is -0.393 e. The normalized spacial score (nSPS) is 24.5. The summed E-state index contributed by atoms with van der Waals surface area (Å²) in [6.45, 7) is 3.16. The Balaban J connectivity index is 1.48. The third kappa shape index (κ3) is 2.53. The summed E-state index contributed by atoms with van der Waals surface area (Å²) in [6, 6.07) is 9.78. The summed E-state index contributed by atoms with van der Waals surface area (Å²) in [7, 11) is 0. The second-order valence-electron chi connectivity index (χ2n) is 7.57. The zero-order valence-electron chi connectivity index (χ0n) is 15.1. The molecule has 3 atom stereocenters. The second kappa shape index (κ2) is 6.13. The number of aromatic nitrogens is 4. The summed E-state index contributed by atoms with van der Waals surface area (Å²) in [4.78, 5) is 19.3. The van der Waals surface area contributed by atoms with Crippen LogP contribution in [-0.4, -0.2) is 55.1 Å². The third-order valence-corrected chi connectivity index (χ3v) is 6.04. The standard InChI is InChI=1S/C20H21N5O2/c1-12-18(20(27)24-10-14-7-8-17(26)15(14)11-24)22-23-25(12)16-6-2-4-13-5-3-9-21-19(13)16/h2-6,9,14-15,17,26H,7-8,10-11H2,1H3/t14-,15-,17+/m0/s1. The number of carbonyl (C=O) groups excluding carboxylic acids is 1. The van der Waals surface area contributed by atoms with E-state index in [4.69, 9.17) is 0 Å². The minimum atomic E-state index is -0.286. The van der Waals surface area contributed by atoms with E-state index in [2.05, 4.69) is 15.3 Å². The average molecular weight is 363 g/mol. The number of benzene rings is 1. The number of hydrogen-bond acceptors (Lipinski definition) is 5. The fourth-order valence-electron chi connectivity index (χ4n) is 4.57. The van der Waals surface area contributed by atoms with Crippen LogP contribution in [0.1, 0.15) is 29.0 Å². The summed E-state index contributed by atoms with van der Waals surface area (Å²) in [6.07, 6.45) is 3.30. The van der Waals surface area contributed by atoms with Crippen LogP contribution in [0.5, 0.6) is 0 Å². The van der Waals surface area contributed by atoms with Crippen molar-refractivity contribution in [3.63, 3.8) is 0 Å². The highest BCUT2D eigenvalue weighted by atomic mass is 16.3. The predicted molar refractivity (Wildman–Crippen MR) is 99.5 cm³/mol. The van der Waals surface area contributed by atoms with Gasteiger partial charge in [0.05, 0.1) is 23.0 Å². The molecule has 0 radical (unpaired) electrons. The molecule has 1 N–H and O–H groups in total. The number of aliphatic hydroxyl groups excluding tert-OH is 1. The SMILES string of the molecule is Cc1c(C(=O)N2C[C@@H]3CC[C@@H](O)[C@H]3C2)nnn1-c1cccc2cccnc12. The van der Waals surface area contributed by atoms with Gasteiger partial charge in [-0.15, -0.1) is 5.10 Å². The Kier molecular flexibility index (Phi) is 3.72. The maximum Gasteiger partial charge on any atom is 0.276 e. The molecule has 1 amide bonds. The zero-order valence-corrected chi connectivity index (χ0v) is 15.1. The molecule has 1 aliphatic heterocycles. The second-order valence-corrected chi connectivity index (χ2v) is 7.57. The van der Waals surface area contributed by atoms with E-state index < -0.39 is 0 Å². The van der Waals surface area contributed by atoms with E-state index in [-0.39, 0.29) is 17.9 Å². The van der Waals surface area contributed by atoms with E-state index >= 15 is 0 Å². The average Bonchev–Trinajstić information content (AvgIpc) is 3.37. The Morgan fingerprint density at radius 3 is 2.89 bits per heavy atom. The maximum absolute atomic E-state index is 13.0. The lowest BCUT2D eigenvalue weighted by molar-refractivity contribution is 0.0746. The lowest BCUT2D eigenvalue weighted by Crippen LogP contribution is -2.31. The third-order valence-electron chi connectivity index (χ3n) is 6.04. The molecule has 0 bridgehead atoms. The van der Waals surface area contributed by atoms with Gasteiger partial charge in [0.2, 0.25) is 0 Å². The molecule has 3 aromatic rings. The number of amides is 1. The first-order valence-corrected chi connectivity index (χ1v) is 9.37. The quantitative estimate of drug-likeness (QED) is 0.752. The summed E-state index contributed by atoms with van der Waals surface area (Å²) in [5.74, 6) is 0.502. The summed E-state index contributed by atoms with van der Waals surface area (Å²) < 4.78 is 1.69. The number of rotatable bonds is 2. The van der Waals surface area contributed by atoms with Crippen molar-refractivity contribution >= 4 is 16.8 Å². The van der Waals surface area contributed by atoms with Gasteiger partial charge in [-0.05, 0) is 37.8 Å². The monoisotopic (exact) mass is 363 g/mol. The summed E-state index contributed by atoms with van der Waals surface area (Å²) >= 11 is 0. The van der Waals surface area contributed by atoms with Crippen LogP contribution in [0.25, 0.3) is 16.6 Å². The van der Waals surface area contributed by atoms with E-state index in [1.54, 1.807) is 10.9 Å². The van der Waals surface area contributed by atoms with Gasteiger partial charge in [0.25, 0.3) is 5.91 Å². The molecule has 5 rings (SSSR count). The highest BCUT2D eigenvalue weighted by Crippen LogP contribution is 2.38. The molecule has 2 aliphatic rings. The number of fused-ring (bicyclic) bond motifs is 2. The Labute approximate surface area is 156 Å². The van der Waals surface area contributed by atoms with Crippen molar-refractivity contribution in [1.29, 1.82) is 0 Å². The summed E-state index contributed by atoms with van der Waals surface area (Å²) in [5, 5.41) is 19.5. The van der Waals surface area contributed by atoms with Crippen molar-refractivity contribution in [3.05, 3.63) is 47.9 Å². The smallest absolute Gasteiger partial charge is 0.276 e. The van der Waals surface area contributed by atoms with Crippen LogP contribution in [0.3, 0.4) is 0 Å². The number of para-hydroxylation sites is 1. The van der Waals surface area contributed by atoms with Crippen LogP contribution in [0.4, 0.5) is 0 Å². The Morgan fingerprint density at radius 1 is 1.19 bits per heavy atom. The van der Waals surface area contributed by atoms with Gasteiger partial charge in [0.1, 0.15) is 0 Å². The molecule has 2 aromatic heterocycles. The van der Waals surface area contributed by atoms with Crippen molar-refractivity contribution in [3.8, 4) is 5.69 Å². The van der Waals surface area contributed by atoms with Crippen LogP contribution < -0.4 is 0 Å². The molecule has 138 valence electrons. The highest BCUT2D eigenvalue weighted by Gasteiger charge is 2.44. The van der Waals surface area contributed by atoms with Gasteiger partial charge in [-0.1, -0.05) is 23.4 Å². The largest absolute Gasteiger partial charge is 0.393 e. The van der Waals surface area contributed by atoms with E-state index in [0.29, 0.717) is 30.4 Å². The predicted octanol–water partition coefficient (Wildman–Crippen LogP) is 1.97. The van der Waals surface area contributed by atoms with Crippen molar-refractivity contribution in [2.75, 3.05) is 13.1 Å². The van der Waals surface area contributed by atoms with Crippen LogP contribution in [0.2, 0.25) is 0 Å². The topological polar surface area (TPSA) is 84.1 Å². The van der Waals surface area contributed by atoms with Gasteiger partial charge in [0.15, 0.2) is 5.69 Å². The van der Waals surface area contributed by atoms with Crippen LogP contribution in [0, 0.1) is 18.8 Å². The van der Waals surface area contributed by atoms with Crippen molar-refractivity contribution < 1.29 is 9.90 Å². The van der Waals surface area contributed by atoms with Crippen molar-refractivity contribution in [1.82, 2.24) is 24.9 Å². The molecular weight excluding hydrogens is 342 g/mol. The van der Waals surface area contributed by atoms with Crippen LogP contribution >= 0.6 is 0 Å². The van der Waals surface area contributed by atoms with Gasteiger partial charge in [-0.25, -0.2) is 4.68 Å². The first-order valence-electron chi connectivity index (χ1n) is 9.37. The molecular formula is C20H21N5O2. The van der Waals surface area contributed by atoms with E-state index in [0.717, 1.165) is 29.4 Å². The van der Waals surface area contributed by atoms with Gasteiger partial charge in [-0.2, -0.15) is 0 Å². The molecule has 1 aromatic carbocycles. The first kappa shape index (κ1) is 16.4. The number of pyridine rings is 1. The number of hydrogen-bond donors (Lipinski definition) is 1. The number of carbonyl (C=O) groups is 1. The lowest BCUT2D eigenvalue weighted by atomic mass is 10.00. The molecule has 1 saturated heterocycles. The molecule has 27 heavy (non-hydrogen) atoms. The zero-order chi connectivity index (χ0) is 18.5. The molecule has 2 fully saturated rings. The van der Waals surface area contributed by atoms with Gasteiger partial charge in [0, 0.05) is 30.6 Å². The fraction of sp³-hybridized carbons (Fsp3) is 0.400. The van der Waals surface area contributed by atoms with E-state index in [9.17, 15) is 9.90 Å². The molecule has 0 unspecified atom stereocenters. The van der Waals surface area contributed by atoms with Crippen molar-refractivity contribution in [2.45, 2.75) is 25.9 Å². The molecule has 7 nitrogen and oxygen atoms in total. The lowest BCUT2D eigenvalue weighted by Gasteiger charge is -2.17. The molecule has 0 spiro atoms. The van der Waals surface area contributed by atoms with Crippen molar-refractivity contribution in [2.24, 2.45) is 11.8 Å². The first-order chi connectivity index (χ1) is 13.1. The Morgan fingerprint density at radius 2 is 2.04 bits per heavy atom. The summed E-state index contributed by atoms with van der Waals surface area (Å²) in [5.41, 5.74) is 2.71. The molecule has 1 saturated carbocycles. The number of nitrogens with zero attached hydrogens (tertiary/aromatic N) is 5. The van der Waals surface area contributed by atoms with Crippen LogP contribution in [-0.2, 0) is 0 Å². The Hall–Kier alpha value is -2.80. The number of likely N-dealkylation sites (tertiary alicyclic amines) is 1. The van der Waals surface area contributed by atoms with Gasteiger partial charge >= 0.3 is 0 Å². The van der Waals surface area contributed by atoms with E-state index in [1.165, 1.54) is 0 Å². The highest BCUT2D eigenvalue weighted by molar-refractivity contribution is 5.94. The maximum atomic E-state index is 13.0. The molecule has 3 heterocycles. The fourth-order valence-corrected chi connectivity index (χ4v) is 4.57. The van der Waals surface area contributed by atoms with E-state index in [1.807, 2.05) is 42.2 Å². The number of aliphatic hydroxyl groups is 1. The van der Waals surface area contributed by atoms with Crippen LogP contribution in [0.15, 0.2) is 36.5 Å². The Bertz CT molecular complexity index is 1020. The minimum absolute atomic E-state index is 0.103. The van der Waals surface area contributed by atoms with Gasteiger partial charge < -0.3 is 10.0 Å². The molecule has 1 aliphatic carbocycles.